The molecule has 3 rings (SSSR count). The van der Waals surface area contributed by atoms with E-state index in [-0.39, 0.29) is 11.8 Å². The Morgan fingerprint density at radius 1 is 1.29 bits per heavy atom. The smallest absolute Gasteiger partial charge is 0.128 e. The van der Waals surface area contributed by atoms with Gasteiger partial charge in [-0.15, -0.1) is 0 Å². The van der Waals surface area contributed by atoms with Gasteiger partial charge in [-0.25, -0.2) is 4.39 Å². The van der Waals surface area contributed by atoms with Gasteiger partial charge in [0.05, 0.1) is 7.11 Å². The Morgan fingerprint density at radius 3 is 2.81 bits per heavy atom. The zero-order valence-electron chi connectivity index (χ0n) is 11.5. The molecule has 0 amide bonds. The summed E-state index contributed by atoms with van der Waals surface area (Å²) < 4.78 is 24.5. The number of hydrogen-bond donors (Lipinski definition) is 2. The van der Waals surface area contributed by atoms with Gasteiger partial charge in [0, 0.05) is 30.2 Å². The molecule has 0 aromatic heterocycles. The molecule has 0 bridgehead atoms. The van der Waals surface area contributed by atoms with Crippen molar-refractivity contribution in [2.24, 2.45) is 5.73 Å². The van der Waals surface area contributed by atoms with Crippen LogP contribution < -0.4 is 15.2 Å². The van der Waals surface area contributed by atoms with Crippen molar-refractivity contribution in [2.45, 2.75) is 18.6 Å². The lowest BCUT2D eigenvalue weighted by Gasteiger charge is -2.31. The standard InChI is InChI=1S/C16H16FNO3/c1-20-12-2-3-13-14(18)8-15(21-16(13)7-12)9-4-10(17)6-11(19)5-9/h2-7,14-15,19H,8,18H2,1H3. The van der Waals surface area contributed by atoms with Crippen LogP contribution in [0.15, 0.2) is 36.4 Å². The third-order valence-corrected chi connectivity index (χ3v) is 3.63. The van der Waals surface area contributed by atoms with E-state index in [0.29, 0.717) is 23.5 Å². The summed E-state index contributed by atoms with van der Waals surface area (Å²) >= 11 is 0. The Kier molecular flexibility index (Phi) is 3.43. The zero-order chi connectivity index (χ0) is 15.0. The molecule has 0 radical (unpaired) electrons. The summed E-state index contributed by atoms with van der Waals surface area (Å²) in [6, 6.07) is 9.15. The molecule has 2 atom stereocenters. The molecule has 21 heavy (non-hydrogen) atoms. The predicted octanol–water partition coefficient (Wildman–Crippen LogP) is 3.06. The first kappa shape index (κ1) is 13.7. The van der Waals surface area contributed by atoms with Crippen LogP contribution in [-0.2, 0) is 0 Å². The third-order valence-electron chi connectivity index (χ3n) is 3.63. The number of nitrogens with two attached hydrogens (primary N) is 1. The van der Waals surface area contributed by atoms with Crippen LogP contribution in [0.1, 0.15) is 29.7 Å². The summed E-state index contributed by atoms with van der Waals surface area (Å²) in [5.41, 5.74) is 7.63. The molecule has 0 saturated carbocycles. The van der Waals surface area contributed by atoms with Gasteiger partial charge in [0.1, 0.15) is 29.2 Å². The van der Waals surface area contributed by atoms with E-state index in [0.717, 1.165) is 11.6 Å². The van der Waals surface area contributed by atoms with E-state index in [1.807, 2.05) is 12.1 Å². The minimum absolute atomic E-state index is 0.126. The Labute approximate surface area is 121 Å². The molecule has 110 valence electrons. The van der Waals surface area contributed by atoms with Crippen molar-refractivity contribution >= 4 is 0 Å². The molecular formula is C16H16FNO3. The number of rotatable bonds is 2. The fraction of sp³-hybridized carbons (Fsp3) is 0.250. The van der Waals surface area contributed by atoms with E-state index in [1.54, 1.807) is 13.2 Å². The van der Waals surface area contributed by atoms with E-state index in [4.69, 9.17) is 15.2 Å². The number of aromatic hydroxyl groups is 1. The van der Waals surface area contributed by atoms with Gasteiger partial charge in [0.25, 0.3) is 0 Å². The molecule has 3 N–H and O–H groups in total. The average molecular weight is 289 g/mol. The van der Waals surface area contributed by atoms with E-state index in [2.05, 4.69) is 0 Å². The number of phenolic OH excluding ortho intramolecular Hbond substituents is 1. The summed E-state index contributed by atoms with van der Waals surface area (Å²) in [5, 5.41) is 9.52. The van der Waals surface area contributed by atoms with Gasteiger partial charge >= 0.3 is 0 Å². The molecule has 5 heteroatoms. The molecular weight excluding hydrogens is 273 g/mol. The Bertz CT molecular complexity index is 654. The van der Waals surface area contributed by atoms with Gasteiger partial charge in [-0.1, -0.05) is 6.07 Å². The highest BCUT2D eigenvalue weighted by atomic mass is 19.1. The largest absolute Gasteiger partial charge is 0.508 e. The quantitative estimate of drug-likeness (QED) is 0.891. The van der Waals surface area contributed by atoms with Crippen LogP contribution in [0.25, 0.3) is 0 Å². The molecule has 0 fully saturated rings. The second-order valence-corrected chi connectivity index (χ2v) is 5.10. The number of benzene rings is 2. The topological polar surface area (TPSA) is 64.7 Å². The van der Waals surface area contributed by atoms with Crippen molar-refractivity contribution in [3.05, 3.63) is 53.3 Å². The van der Waals surface area contributed by atoms with Crippen molar-refractivity contribution in [2.75, 3.05) is 7.11 Å². The Hall–Kier alpha value is -2.27. The maximum absolute atomic E-state index is 13.4. The Morgan fingerprint density at radius 2 is 2.10 bits per heavy atom. The number of hydrogen-bond acceptors (Lipinski definition) is 4. The first-order valence-corrected chi connectivity index (χ1v) is 6.66. The summed E-state index contributed by atoms with van der Waals surface area (Å²) in [6.07, 6.45) is 0.114. The van der Waals surface area contributed by atoms with Gasteiger partial charge in [0.15, 0.2) is 0 Å². The minimum atomic E-state index is -0.501. The maximum Gasteiger partial charge on any atom is 0.128 e. The van der Waals surface area contributed by atoms with Crippen LogP contribution in [0.2, 0.25) is 0 Å². The lowest BCUT2D eigenvalue weighted by atomic mass is 9.93. The minimum Gasteiger partial charge on any atom is -0.508 e. The molecule has 0 spiro atoms. The monoisotopic (exact) mass is 289 g/mol. The molecule has 2 aromatic carbocycles. The lowest BCUT2D eigenvalue weighted by Crippen LogP contribution is -2.24. The SMILES string of the molecule is COc1ccc2c(c1)OC(c1cc(O)cc(F)c1)CC2N. The van der Waals surface area contributed by atoms with Gasteiger partial charge in [-0.05, 0) is 23.8 Å². The third kappa shape index (κ3) is 2.64. The second kappa shape index (κ2) is 5.26. The highest BCUT2D eigenvalue weighted by Gasteiger charge is 2.28. The number of halogens is 1. The maximum atomic E-state index is 13.4. The lowest BCUT2D eigenvalue weighted by molar-refractivity contribution is 0.160. The number of phenols is 1. The predicted molar refractivity (Wildman–Crippen MR) is 76.0 cm³/mol. The number of methoxy groups -OCH3 is 1. The molecule has 1 heterocycles. The fourth-order valence-electron chi connectivity index (χ4n) is 2.60. The molecule has 0 aliphatic carbocycles. The van der Waals surface area contributed by atoms with Crippen molar-refractivity contribution in [3.63, 3.8) is 0 Å². The highest BCUT2D eigenvalue weighted by molar-refractivity contribution is 5.45. The van der Waals surface area contributed by atoms with Crippen molar-refractivity contribution in [1.29, 1.82) is 0 Å². The molecule has 2 aromatic rings. The van der Waals surface area contributed by atoms with E-state index < -0.39 is 11.9 Å². The molecule has 0 saturated heterocycles. The first-order valence-electron chi connectivity index (χ1n) is 6.66. The zero-order valence-corrected chi connectivity index (χ0v) is 11.5. The van der Waals surface area contributed by atoms with Crippen LogP contribution in [0.3, 0.4) is 0 Å². The van der Waals surface area contributed by atoms with Gasteiger partial charge < -0.3 is 20.3 Å². The van der Waals surface area contributed by atoms with E-state index in [1.165, 1.54) is 12.1 Å². The van der Waals surface area contributed by atoms with Crippen molar-refractivity contribution in [1.82, 2.24) is 0 Å². The molecule has 2 unspecified atom stereocenters. The average Bonchev–Trinajstić information content (AvgIpc) is 2.45. The summed E-state index contributed by atoms with van der Waals surface area (Å²) in [7, 11) is 1.58. The summed E-state index contributed by atoms with van der Waals surface area (Å²) in [4.78, 5) is 0. The van der Waals surface area contributed by atoms with Crippen LogP contribution in [0, 0.1) is 5.82 Å². The van der Waals surface area contributed by atoms with Crippen LogP contribution in [-0.4, -0.2) is 12.2 Å². The highest BCUT2D eigenvalue weighted by Crippen LogP contribution is 2.41. The first-order chi connectivity index (χ1) is 10.1. The second-order valence-electron chi connectivity index (χ2n) is 5.10. The van der Waals surface area contributed by atoms with Crippen molar-refractivity contribution < 1.29 is 19.0 Å². The van der Waals surface area contributed by atoms with Gasteiger partial charge in [-0.3, -0.25) is 0 Å². The summed E-state index contributed by atoms with van der Waals surface area (Å²) in [6.45, 7) is 0. The van der Waals surface area contributed by atoms with Gasteiger partial charge in [-0.2, -0.15) is 0 Å². The summed E-state index contributed by atoms with van der Waals surface area (Å²) in [5.74, 6) is 0.669. The molecule has 4 nitrogen and oxygen atoms in total. The fourth-order valence-corrected chi connectivity index (χ4v) is 2.60. The Balaban J connectivity index is 1.96. The van der Waals surface area contributed by atoms with E-state index >= 15 is 0 Å². The van der Waals surface area contributed by atoms with Crippen LogP contribution in [0.4, 0.5) is 4.39 Å². The number of fused-ring (bicyclic) bond motifs is 1. The normalized spacial score (nSPS) is 20.5. The van der Waals surface area contributed by atoms with E-state index in [9.17, 15) is 9.50 Å². The van der Waals surface area contributed by atoms with Gasteiger partial charge in [0.2, 0.25) is 0 Å². The molecule has 1 aliphatic rings. The van der Waals surface area contributed by atoms with Crippen molar-refractivity contribution in [3.8, 4) is 17.2 Å². The molecule has 1 aliphatic heterocycles. The van der Waals surface area contributed by atoms with Crippen LogP contribution in [0.5, 0.6) is 17.2 Å². The number of ether oxygens (including phenoxy) is 2. The van der Waals surface area contributed by atoms with Crippen LogP contribution >= 0.6 is 0 Å².